The summed E-state index contributed by atoms with van der Waals surface area (Å²) in [5, 5.41) is 9.43. The predicted octanol–water partition coefficient (Wildman–Crippen LogP) is 3.93. The standard InChI is InChI=1S/C13H18BrFO/c1-3-7-13(2,9-16)8-10-5-4-6-11(15)12(10)14/h4-6,16H,3,7-9H2,1-2H3. The maximum atomic E-state index is 13.3. The number of rotatable bonds is 5. The van der Waals surface area contributed by atoms with E-state index in [2.05, 4.69) is 22.9 Å². The van der Waals surface area contributed by atoms with Crippen LogP contribution in [0.3, 0.4) is 0 Å². The fourth-order valence-corrected chi connectivity index (χ4v) is 2.38. The summed E-state index contributed by atoms with van der Waals surface area (Å²) >= 11 is 3.26. The van der Waals surface area contributed by atoms with Crippen LogP contribution in [0.25, 0.3) is 0 Å². The highest BCUT2D eigenvalue weighted by molar-refractivity contribution is 9.10. The highest BCUT2D eigenvalue weighted by atomic mass is 79.9. The zero-order valence-corrected chi connectivity index (χ0v) is 11.3. The second kappa shape index (κ2) is 5.78. The summed E-state index contributed by atoms with van der Waals surface area (Å²) in [4.78, 5) is 0. The first kappa shape index (κ1) is 13.7. The van der Waals surface area contributed by atoms with Gasteiger partial charge in [-0.05, 0) is 45.8 Å². The molecule has 1 aromatic rings. The first-order valence-corrected chi connectivity index (χ1v) is 6.35. The summed E-state index contributed by atoms with van der Waals surface area (Å²) in [7, 11) is 0. The molecule has 0 aliphatic rings. The summed E-state index contributed by atoms with van der Waals surface area (Å²) < 4.78 is 13.9. The van der Waals surface area contributed by atoms with Crippen LogP contribution in [0, 0.1) is 11.2 Å². The number of hydrogen-bond acceptors (Lipinski definition) is 1. The summed E-state index contributed by atoms with van der Waals surface area (Å²) in [6, 6.07) is 5.04. The van der Waals surface area contributed by atoms with Crippen molar-refractivity contribution < 1.29 is 9.50 Å². The van der Waals surface area contributed by atoms with E-state index in [-0.39, 0.29) is 17.8 Å². The fraction of sp³-hybridized carbons (Fsp3) is 0.538. The van der Waals surface area contributed by atoms with Gasteiger partial charge in [-0.1, -0.05) is 32.4 Å². The zero-order chi connectivity index (χ0) is 12.2. The van der Waals surface area contributed by atoms with Crippen molar-refractivity contribution in [2.45, 2.75) is 33.1 Å². The van der Waals surface area contributed by atoms with Crippen LogP contribution in [0.2, 0.25) is 0 Å². The van der Waals surface area contributed by atoms with E-state index in [1.54, 1.807) is 6.07 Å². The predicted molar refractivity (Wildman–Crippen MR) is 67.9 cm³/mol. The van der Waals surface area contributed by atoms with Crippen LogP contribution in [0.4, 0.5) is 4.39 Å². The molecule has 3 heteroatoms. The molecule has 0 amide bonds. The lowest BCUT2D eigenvalue weighted by molar-refractivity contribution is 0.131. The Balaban J connectivity index is 2.90. The van der Waals surface area contributed by atoms with Gasteiger partial charge in [-0.25, -0.2) is 4.39 Å². The molecule has 1 N–H and O–H groups in total. The largest absolute Gasteiger partial charge is 0.396 e. The van der Waals surface area contributed by atoms with Crippen LogP contribution in [0.1, 0.15) is 32.3 Å². The molecule has 16 heavy (non-hydrogen) atoms. The molecule has 90 valence electrons. The van der Waals surface area contributed by atoms with Gasteiger partial charge >= 0.3 is 0 Å². The average molecular weight is 289 g/mol. The molecular weight excluding hydrogens is 271 g/mol. The molecule has 0 fully saturated rings. The minimum atomic E-state index is -0.241. The van der Waals surface area contributed by atoms with E-state index in [9.17, 15) is 9.50 Å². The van der Waals surface area contributed by atoms with Crippen LogP contribution >= 0.6 is 15.9 Å². The van der Waals surface area contributed by atoms with Gasteiger partial charge in [-0.2, -0.15) is 0 Å². The van der Waals surface area contributed by atoms with Gasteiger partial charge in [0.15, 0.2) is 0 Å². The quantitative estimate of drug-likeness (QED) is 0.870. The lowest BCUT2D eigenvalue weighted by Gasteiger charge is -2.27. The molecule has 0 saturated heterocycles. The van der Waals surface area contributed by atoms with Gasteiger partial charge < -0.3 is 5.11 Å². The number of aliphatic hydroxyl groups excluding tert-OH is 1. The Morgan fingerprint density at radius 1 is 1.44 bits per heavy atom. The SMILES string of the molecule is CCCC(C)(CO)Cc1cccc(F)c1Br. The van der Waals surface area contributed by atoms with Gasteiger partial charge in [0.25, 0.3) is 0 Å². The molecule has 0 spiro atoms. The first-order chi connectivity index (χ1) is 7.52. The highest BCUT2D eigenvalue weighted by Gasteiger charge is 2.24. The van der Waals surface area contributed by atoms with Crippen LogP contribution in [0.5, 0.6) is 0 Å². The molecule has 0 bridgehead atoms. The van der Waals surface area contributed by atoms with Crippen molar-refractivity contribution in [3.63, 3.8) is 0 Å². The lowest BCUT2D eigenvalue weighted by Crippen LogP contribution is -2.24. The van der Waals surface area contributed by atoms with Gasteiger partial charge in [0, 0.05) is 6.61 Å². The molecule has 1 aromatic carbocycles. The summed E-state index contributed by atoms with van der Waals surface area (Å²) in [5.41, 5.74) is 0.760. The Labute approximate surface area is 105 Å². The molecule has 0 heterocycles. The summed E-state index contributed by atoms with van der Waals surface area (Å²) in [6.07, 6.45) is 2.64. The van der Waals surface area contributed by atoms with Crippen molar-refractivity contribution >= 4 is 15.9 Å². The number of aliphatic hydroxyl groups is 1. The van der Waals surface area contributed by atoms with Crippen LogP contribution in [-0.2, 0) is 6.42 Å². The minimum absolute atomic E-state index is 0.129. The molecule has 0 aliphatic carbocycles. The number of hydrogen-bond donors (Lipinski definition) is 1. The van der Waals surface area contributed by atoms with Gasteiger partial charge in [0.1, 0.15) is 5.82 Å². The smallest absolute Gasteiger partial charge is 0.137 e. The second-order valence-electron chi connectivity index (χ2n) is 4.61. The van der Waals surface area contributed by atoms with E-state index in [4.69, 9.17) is 0 Å². The Hall–Kier alpha value is -0.410. The minimum Gasteiger partial charge on any atom is -0.396 e. The third-order valence-electron chi connectivity index (χ3n) is 2.88. The van der Waals surface area contributed by atoms with Crippen LogP contribution in [-0.4, -0.2) is 11.7 Å². The van der Waals surface area contributed by atoms with Gasteiger partial charge in [-0.3, -0.25) is 0 Å². The van der Waals surface area contributed by atoms with Gasteiger partial charge in [0.05, 0.1) is 4.47 Å². The highest BCUT2D eigenvalue weighted by Crippen LogP contribution is 2.31. The fourth-order valence-electron chi connectivity index (χ4n) is 1.97. The Morgan fingerprint density at radius 2 is 2.12 bits per heavy atom. The van der Waals surface area contributed by atoms with Crippen molar-refractivity contribution in [1.29, 1.82) is 0 Å². The third kappa shape index (κ3) is 3.29. The second-order valence-corrected chi connectivity index (χ2v) is 5.40. The van der Waals surface area contributed by atoms with Crippen molar-refractivity contribution in [3.05, 3.63) is 34.1 Å². The van der Waals surface area contributed by atoms with Crippen molar-refractivity contribution in [2.24, 2.45) is 5.41 Å². The van der Waals surface area contributed by atoms with Crippen LogP contribution < -0.4 is 0 Å². The molecule has 1 nitrogen and oxygen atoms in total. The maximum Gasteiger partial charge on any atom is 0.137 e. The number of halogens is 2. The molecule has 1 rings (SSSR count). The molecule has 0 radical (unpaired) electrons. The lowest BCUT2D eigenvalue weighted by atomic mass is 9.80. The molecule has 0 saturated carbocycles. The molecule has 1 atom stereocenters. The molecular formula is C13H18BrFO. The average Bonchev–Trinajstić information content (AvgIpc) is 2.25. The van der Waals surface area contributed by atoms with E-state index >= 15 is 0 Å². The maximum absolute atomic E-state index is 13.3. The summed E-state index contributed by atoms with van der Waals surface area (Å²) in [6.45, 7) is 4.26. The van der Waals surface area contributed by atoms with Crippen molar-refractivity contribution in [3.8, 4) is 0 Å². The third-order valence-corrected chi connectivity index (χ3v) is 3.77. The van der Waals surface area contributed by atoms with Gasteiger partial charge in [-0.15, -0.1) is 0 Å². The molecule has 0 aliphatic heterocycles. The Kier molecular flexibility index (Phi) is 4.93. The monoisotopic (exact) mass is 288 g/mol. The topological polar surface area (TPSA) is 20.2 Å². The van der Waals surface area contributed by atoms with E-state index in [1.807, 2.05) is 13.0 Å². The van der Waals surface area contributed by atoms with Crippen LogP contribution in [0.15, 0.2) is 22.7 Å². The first-order valence-electron chi connectivity index (χ1n) is 5.56. The Bertz CT molecular complexity index is 354. The van der Waals surface area contributed by atoms with Crippen molar-refractivity contribution in [2.75, 3.05) is 6.61 Å². The van der Waals surface area contributed by atoms with E-state index in [0.717, 1.165) is 18.4 Å². The molecule has 0 aromatic heterocycles. The number of benzene rings is 1. The van der Waals surface area contributed by atoms with Gasteiger partial charge in [0.2, 0.25) is 0 Å². The van der Waals surface area contributed by atoms with E-state index < -0.39 is 0 Å². The summed E-state index contributed by atoms with van der Waals surface area (Å²) in [5.74, 6) is -0.241. The van der Waals surface area contributed by atoms with E-state index in [1.165, 1.54) is 6.07 Å². The van der Waals surface area contributed by atoms with Crippen molar-refractivity contribution in [1.82, 2.24) is 0 Å². The van der Waals surface area contributed by atoms with E-state index in [0.29, 0.717) is 10.9 Å². The normalized spacial score (nSPS) is 14.8. The zero-order valence-electron chi connectivity index (χ0n) is 9.76. The molecule has 1 unspecified atom stereocenters. The Morgan fingerprint density at radius 3 is 2.69 bits per heavy atom.